The van der Waals surface area contributed by atoms with Crippen LogP contribution in [0.4, 0.5) is 10.5 Å². The summed E-state index contributed by atoms with van der Waals surface area (Å²) in [6.07, 6.45) is 3.39. The highest BCUT2D eigenvalue weighted by molar-refractivity contribution is 5.90. The Kier molecular flexibility index (Phi) is 9.41. The Morgan fingerprint density at radius 1 is 1.03 bits per heavy atom. The van der Waals surface area contributed by atoms with Crippen LogP contribution >= 0.6 is 0 Å². The summed E-state index contributed by atoms with van der Waals surface area (Å²) in [6.45, 7) is 4.33. The van der Waals surface area contributed by atoms with Gasteiger partial charge >= 0.3 is 6.09 Å². The second-order valence-corrected chi connectivity index (χ2v) is 8.24. The van der Waals surface area contributed by atoms with Gasteiger partial charge in [0, 0.05) is 24.6 Å². The van der Waals surface area contributed by atoms with Crippen molar-refractivity contribution in [3.63, 3.8) is 0 Å². The Bertz CT molecular complexity index is 1100. The van der Waals surface area contributed by atoms with Crippen LogP contribution in [-0.2, 0) is 34.0 Å². The van der Waals surface area contributed by atoms with E-state index in [4.69, 9.17) is 4.74 Å². The van der Waals surface area contributed by atoms with Crippen LogP contribution in [-0.4, -0.2) is 33.7 Å². The standard InChI is InChI=1S/C26H31N5O4/c1-3-19(2)24(30-26(34)35-18-20-9-5-4-6-10-20)25(33)27-16-21-11-7-12-22(15-21)29-23(32)17-31-14-8-13-28-31/h4-15,19,24H,3,16-18H2,1-2H3,(H,27,33)(H,29,32)(H,30,34)/t19-,24-/m0/s1. The summed E-state index contributed by atoms with van der Waals surface area (Å²) in [7, 11) is 0. The van der Waals surface area contributed by atoms with Crippen LogP contribution in [0.5, 0.6) is 0 Å². The van der Waals surface area contributed by atoms with Crippen LogP contribution in [0.2, 0.25) is 0 Å². The van der Waals surface area contributed by atoms with Gasteiger partial charge in [-0.2, -0.15) is 5.10 Å². The summed E-state index contributed by atoms with van der Waals surface area (Å²) in [4.78, 5) is 37.4. The number of ether oxygens (including phenoxy) is 1. The van der Waals surface area contributed by atoms with E-state index in [1.54, 1.807) is 36.7 Å². The molecule has 0 aliphatic carbocycles. The number of carbonyl (C=O) groups excluding carboxylic acids is 3. The predicted octanol–water partition coefficient (Wildman–Crippen LogP) is 3.48. The summed E-state index contributed by atoms with van der Waals surface area (Å²) < 4.78 is 6.81. The maximum atomic E-state index is 12.9. The van der Waals surface area contributed by atoms with E-state index in [2.05, 4.69) is 21.0 Å². The molecule has 9 heteroatoms. The lowest BCUT2D eigenvalue weighted by molar-refractivity contribution is -0.124. The monoisotopic (exact) mass is 477 g/mol. The second kappa shape index (κ2) is 12.9. The third-order valence-corrected chi connectivity index (χ3v) is 5.52. The molecule has 0 aliphatic heterocycles. The Morgan fingerprint density at radius 3 is 2.51 bits per heavy atom. The van der Waals surface area contributed by atoms with Crippen molar-refractivity contribution >= 4 is 23.6 Å². The molecule has 0 aliphatic rings. The highest BCUT2D eigenvalue weighted by Crippen LogP contribution is 2.13. The van der Waals surface area contributed by atoms with Gasteiger partial charge in [0.2, 0.25) is 11.8 Å². The topological polar surface area (TPSA) is 114 Å². The van der Waals surface area contributed by atoms with Gasteiger partial charge in [-0.25, -0.2) is 4.79 Å². The van der Waals surface area contributed by atoms with E-state index in [1.165, 1.54) is 4.68 Å². The highest BCUT2D eigenvalue weighted by atomic mass is 16.5. The number of hydrogen-bond acceptors (Lipinski definition) is 5. The van der Waals surface area contributed by atoms with Crippen molar-refractivity contribution in [3.05, 3.63) is 84.2 Å². The van der Waals surface area contributed by atoms with Crippen molar-refractivity contribution in [1.82, 2.24) is 20.4 Å². The van der Waals surface area contributed by atoms with Gasteiger partial charge in [0.05, 0.1) is 0 Å². The van der Waals surface area contributed by atoms with Crippen LogP contribution in [0, 0.1) is 5.92 Å². The first-order valence-corrected chi connectivity index (χ1v) is 11.6. The number of nitrogens with one attached hydrogen (secondary N) is 3. The van der Waals surface area contributed by atoms with Crippen molar-refractivity contribution in [3.8, 4) is 0 Å². The number of alkyl carbamates (subject to hydrolysis) is 1. The third kappa shape index (κ3) is 8.29. The summed E-state index contributed by atoms with van der Waals surface area (Å²) in [5, 5.41) is 12.4. The van der Waals surface area contributed by atoms with E-state index in [1.807, 2.05) is 50.2 Å². The highest BCUT2D eigenvalue weighted by Gasteiger charge is 2.26. The summed E-state index contributed by atoms with van der Waals surface area (Å²) in [5.74, 6) is -0.596. The van der Waals surface area contributed by atoms with Gasteiger partial charge in [-0.15, -0.1) is 0 Å². The Morgan fingerprint density at radius 2 is 1.80 bits per heavy atom. The normalized spacial score (nSPS) is 12.3. The molecule has 3 rings (SSSR count). The minimum absolute atomic E-state index is 0.0906. The molecule has 3 amide bonds. The maximum Gasteiger partial charge on any atom is 0.408 e. The number of carbonyl (C=O) groups is 3. The molecule has 0 bridgehead atoms. The van der Waals surface area contributed by atoms with E-state index >= 15 is 0 Å². The molecule has 1 heterocycles. The van der Waals surface area contributed by atoms with Crippen LogP contribution < -0.4 is 16.0 Å². The summed E-state index contributed by atoms with van der Waals surface area (Å²) in [5.41, 5.74) is 2.29. The molecular weight excluding hydrogens is 446 g/mol. The number of amides is 3. The SMILES string of the molecule is CC[C@H](C)[C@H](NC(=O)OCc1ccccc1)C(=O)NCc1cccc(NC(=O)Cn2cccn2)c1. The van der Waals surface area contributed by atoms with E-state index in [9.17, 15) is 14.4 Å². The van der Waals surface area contributed by atoms with E-state index < -0.39 is 12.1 Å². The Hall–Kier alpha value is -4.14. The number of rotatable bonds is 11. The van der Waals surface area contributed by atoms with Gasteiger partial charge in [-0.1, -0.05) is 62.7 Å². The van der Waals surface area contributed by atoms with Gasteiger partial charge in [-0.3, -0.25) is 14.3 Å². The molecule has 0 saturated heterocycles. The summed E-state index contributed by atoms with van der Waals surface area (Å²) >= 11 is 0. The number of hydrogen-bond donors (Lipinski definition) is 3. The zero-order valence-corrected chi connectivity index (χ0v) is 19.9. The molecule has 9 nitrogen and oxygen atoms in total. The van der Waals surface area contributed by atoms with E-state index in [0.29, 0.717) is 12.1 Å². The van der Waals surface area contributed by atoms with Gasteiger partial charge < -0.3 is 20.7 Å². The van der Waals surface area contributed by atoms with E-state index in [-0.39, 0.29) is 37.4 Å². The van der Waals surface area contributed by atoms with Crippen LogP contribution in [0.15, 0.2) is 73.1 Å². The molecule has 0 spiro atoms. The maximum absolute atomic E-state index is 12.9. The lowest BCUT2D eigenvalue weighted by atomic mass is 9.98. The van der Waals surface area contributed by atoms with Crippen molar-refractivity contribution in [1.29, 1.82) is 0 Å². The molecule has 3 aromatic rings. The molecule has 0 radical (unpaired) electrons. The lowest BCUT2D eigenvalue weighted by Gasteiger charge is -2.23. The number of aromatic nitrogens is 2. The smallest absolute Gasteiger partial charge is 0.408 e. The zero-order valence-electron chi connectivity index (χ0n) is 19.9. The fraction of sp³-hybridized carbons (Fsp3) is 0.308. The predicted molar refractivity (Wildman–Crippen MR) is 132 cm³/mol. The largest absolute Gasteiger partial charge is 0.445 e. The van der Waals surface area contributed by atoms with Crippen LogP contribution in [0.1, 0.15) is 31.4 Å². The Labute approximate surface area is 204 Å². The minimum atomic E-state index is -0.736. The first-order chi connectivity index (χ1) is 16.9. The molecule has 0 fully saturated rings. The molecular formula is C26H31N5O4. The first kappa shape index (κ1) is 25.5. The van der Waals surface area contributed by atoms with Crippen LogP contribution in [0.25, 0.3) is 0 Å². The van der Waals surface area contributed by atoms with Crippen molar-refractivity contribution < 1.29 is 19.1 Å². The van der Waals surface area contributed by atoms with Crippen LogP contribution in [0.3, 0.4) is 0 Å². The Balaban J connectivity index is 1.52. The molecule has 0 saturated carbocycles. The lowest BCUT2D eigenvalue weighted by Crippen LogP contribution is -2.50. The van der Waals surface area contributed by atoms with Gasteiger partial charge in [-0.05, 0) is 35.2 Å². The average molecular weight is 478 g/mol. The van der Waals surface area contributed by atoms with Gasteiger partial charge in [0.15, 0.2) is 0 Å². The number of anilines is 1. The average Bonchev–Trinajstić information content (AvgIpc) is 3.37. The first-order valence-electron chi connectivity index (χ1n) is 11.6. The van der Waals surface area contributed by atoms with Crippen molar-refractivity contribution in [2.75, 3.05) is 5.32 Å². The van der Waals surface area contributed by atoms with Gasteiger partial charge in [0.1, 0.15) is 19.2 Å². The minimum Gasteiger partial charge on any atom is -0.445 e. The van der Waals surface area contributed by atoms with E-state index in [0.717, 1.165) is 11.1 Å². The van der Waals surface area contributed by atoms with Crippen molar-refractivity contribution in [2.24, 2.45) is 5.92 Å². The molecule has 1 aromatic heterocycles. The zero-order chi connectivity index (χ0) is 25.0. The van der Waals surface area contributed by atoms with Gasteiger partial charge in [0.25, 0.3) is 0 Å². The summed E-state index contributed by atoms with van der Waals surface area (Å²) in [6, 6.07) is 17.6. The number of nitrogens with zero attached hydrogens (tertiary/aromatic N) is 2. The fourth-order valence-corrected chi connectivity index (χ4v) is 3.39. The molecule has 35 heavy (non-hydrogen) atoms. The third-order valence-electron chi connectivity index (χ3n) is 5.52. The molecule has 0 unspecified atom stereocenters. The fourth-order valence-electron chi connectivity index (χ4n) is 3.39. The molecule has 2 aromatic carbocycles. The quantitative estimate of drug-likeness (QED) is 0.391. The second-order valence-electron chi connectivity index (χ2n) is 8.24. The molecule has 2 atom stereocenters. The van der Waals surface area contributed by atoms with Crippen molar-refractivity contribution in [2.45, 2.75) is 46.0 Å². The molecule has 3 N–H and O–H groups in total. The molecule has 184 valence electrons. The number of benzene rings is 2.